The number of carboxylic acid groups (broad SMARTS) is 1. The summed E-state index contributed by atoms with van der Waals surface area (Å²) in [6, 6.07) is -1.49. The number of likely N-dealkylation sites (N-methyl/N-ethyl adjacent to an activating group) is 1. The van der Waals surface area contributed by atoms with Gasteiger partial charge in [0.05, 0.1) is 0 Å². The lowest BCUT2D eigenvalue weighted by Gasteiger charge is -2.22. The highest BCUT2D eigenvalue weighted by molar-refractivity contribution is 5.86. The van der Waals surface area contributed by atoms with Crippen molar-refractivity contribution in [2.45, 2.75) is 19.1 Å². The first kappa shape index (κ1) is 11.7. The standard InChI is InChI=1S/C6H8F3NO3/c1-3(4(11)12)10(2)5(13)6(7,8)9/h3H,1-2H3,(H,11,12). The molecule has 0 rings (SSSR count). The Bertz CT molecular complexity index is 226. The third-order valence-corrected chi connectivity index (χ3v) is 1.50. The predicted octanol–water partition coefficient (Wildman–Crippen LogP) is 0.480. The van der Waals surface area contributed by atoms with Crippen molar-refractivity contribution < 1.29 is 27.9 Å². The molecule has 1 unspecified atom stereocenters. The van der Waals surface area contributed by atoms with E-state index in [0.717, 1.165) is 14.0 Å². The van der Waals surface area contributed by atoms with Crippen LogP contribution in [0.15, 0.2) is 0 Å². The molecule has 0 fully saturated rings. The molecular formula is C6H8F3NO3. The van der Waals surface area contributed by atoms with Gasteiger partial charge in [-0.15, -0.1) is 0 Å². The van der Waals surface area contributed by atoms with Crippen molar-refractivity contribution in [2.75, 3.05) is 7.05 Å². The smallest absolute Gasteiger partial charge is 0.471 e. The third-order valence-electron chi connectivity index (χ3n) is 1.50. The van der Waals surface area contributed by atoms with Crippen molar-refractivity contribution in [3.05, 3.63) is 0 Å². The summed E-state index contributed by atoms with van der Waals surface area (Å²) < 4.78 is 35.2. The molecule has 0 saturated heterocycles. The largest absolute Gasteiger partial charge is 0.480 e. The lowest BCUT2D eigenvalue weighted by molar-refractivity contribution is -0.187. The van der Waals surface area contributed by atoms with E-state index in [2.05, 4.69) is 0 Å². The van der Waals surface area contributed by atoms with Crippen LogP contribution in [-0.2, 0) is 9.59 Å². The molecule has 0 radical (unpaired) electrons. The van der Waals surface area contributed by atoms with Crippen LogP contribution in [-0.4, -0.2) is 41.1 Å². The number of nitrogens with zero attached hydrogens (tertiary/aromatic N) is 1. The van der Waals surface area contributed by atoms with E-state index in [9.17, 15) is 22.8 Å². The molecule has 0 aromatic rings. The minimum atomic E-state index is -5.03. The van der Waals surface area contributed by atoms with E-state index in [1.165, 1.54) is 0 Å². The molecule has 1 amide bonds. The second-order valence-corrected chi connectivity index (χ2v) is 2.43. The monoisotopic (exact) mass is 199 g/mol. The molecule has 0 aromatic carbocycles. The van der Waals surface area contributed by atoms with Crippen molar-refractivity contribution in [3.63, 3.8) is 0 Å². The molecule has 0 aliphatic carbocycles. The zero-order chi connectivity index (χ0) is 10.8. The van der Waals surface area contributed by atoms with Crippen molar-refractivity contribution in [2.24, 2.45) is 0 Å². The number of carboxylic acids is 1. The Labute approximate surface area is 71.9 Å². The number of hydrogen-bond donors (Lipinski definition) is 1. The topological polar surface area (TPSA) is 57.6 Å². The fourth-order valence-electron chi connectivity index (χ4n) is 0.542. The maximum absolute atomic E-state index is 11.7. The van der Waals surface area contributed by atoms with E-state index in [1.807, 2.05) is 0 Å². The zero-order valence-electron chi connectivity index (χ0n) is 6.92. The van der Waals surface area contributed by atoms with Crippen LogP contribution < -0.4 is 0 Å². The molecule has 0 heterocycles. The average Bonchev–Trinajstić information content (AvgIpc) is 1.98. The van der Waals surface area contributed by atoms with E-state index in [1.54, 1.807) is 0 Å². The van der Waals surface area contributed by atoms with E-state index in [4.69, 9.17) is 5.11 Å². The minimum absolute atomic E-state index is 0.127. The normalized spacial score (nSPS) is 13.6. The van der Waals surface area contributed by atoms with Gasteiger partial charge in [0, 0.05) is 7.05 Å². The van der Waals surface area contributed by atoms with Gasteiger partial charge >= 0.3 is 18.1 Å². The quantitative estimate of drug-likeness (QED) is 0.703. The number of rotatable bonds is 2. The van der Waals surface area contributed by atoms with Gasteiger partial charge in [0.2, 0.25) is 0 Å². The van der Waals surface area contributed by atoms with Gasteiger partial charge in [0.1, 0.15) is 6.04 Å². The molecular weight excluding hydrogens is 191 g/mol. The lowest BCUT2D eigenvalue weighted by atomic mass is 10.3. The molecule has 0 aliphatic heterocycles. The van der Waals surface area contributed by atoms with Gasteiger partial charge in [-0.2, -0.15) is 13.2 Å². The highest BCUT2D eigenvalue weighted by Gasteiger charge is 2.43. The van der Waals surface area contributed by atoms with Crippen LogP contribution >= 0.6 is 0 Å². The van der Waals surface area contributed by atoms with E-state index < -0.39 is 24.1 Å². The Kier molecular flexibility index (Phi) is 3.27. The number of carbonyl (C=O) groups is 2. The molecule has 1 atom stereocenters. The maximum Gasteiger partial charge on any atom is 0.471 e. The van der Waals surface area contributed by atoms with Crippen molar-refractivity contribution >= 4 is 11.9 Å². The zero-order valence-corrected chi connectivity index (χ0v) is 6.92. The van der Waals surface area contributed by atoms with Gasteiger partial charge < -0.3 is 10.0 Å². The summed E-state index contributed by atoms with van der Waals surface area (Å²) in [6.45, 7) is 0.992. The third kappa shape index (κ3) is 2.92. The first-order chi connectivity index (χ1) is 5.68. The maximum atomic E-state index is 11.7. The molecule has 7 heteroatoms. The van der Waals surface area contributed by atoms with Crippen LogP contribution in [0.4, 0.5) is 13.2 Å². The Morgan fingerprint density at radius 1 is 1.38 bits per heavy atom. The Morgan fingerprint density at radius 2 is 1.77 bits per heavy atom. The molecule has 0 spiro atoms. The van der Waals surface area contributed by atoms with Crippen LogP contribution in [0.25, 0.3) is 0 Å². The Morgan fingerprint density at radius 3 is 2.00 bits per heavy atom. The number of alkyl halides is 3. The van der Waals surface area contributed by atoms with Crippen LogP contribution in [0.5, 0.6) is 0 Å². The summed E-state index contributed by atoms with van der Waals surface area (Å²) in [6.07, 6.45) is -5.03. The lowest BCUT2D eigenvalue weighted by Crippen LogP contribution is -2.46. The van der Waals surface area contributed by atoms with Crippen molar-refractivity contribution in [3.8, 4) is 0 Å². The number of amides is 1. The van der Waals surface area contributed by atoms with Gasteiger partial charge in [0.25, 0.3) is 0 Å². The second kappa shape index (κ2) is 3.63. The highest BCUT2D eigenvalue weighted by Crippen LogP contribution is 2.18. The molecule has 0 aromatic heterocycles. The van der Waals surface area contributed by atoms with E-state index in [-0.39, 0.29) is 4.90 Å². The number of halogens is 3. The van der Waals surface area contributed by atoms with Crippen LogP contribution in [0, 0.1) is 0 Å². The van der Waals surface area contributed by atoms with Gasteiger partial charge in [-0.25, -0.2) is 4.79 Å². The summed E-state index contributed by atoms with van der Waals surface area (Å²) in [4.78, 5) is 20.8. The second-order valence-electron chi connectivity index (χ2n) is 2.43. The number of carbonyl (C=O) groups excluding carboxylic acids is 1. The molecule has 76 valence electrons. The average molecular weight is 199 g/mol. The molecule has 1 N–H and O–H groups in total. The van der Waals surface area contributed by atoms with Crippen LogP contribution in [0.3, 0.4) is 0 Å². The summed E-state index contributed by atoms with van der Waals surface area (Å²) >= 11 is 0. The summed E-state index contributed by atoms with van der Waals surface area (Å²) in [5.74, 6) is -3.65. The first-order valence-electron chi connectivity index (χ1n) is 3.24. The van der Waals surface area contributed by atoms with Crippen molar-refractivity contribution in [1.29, 1.82) is 0 Å². The molecule has 4 nitrogen and oxygen atoms in total. The summed E-state index contributed by atoms with van der Waals surface area (Å²) in [5, 5.41) is 8.31. The van der Waals surface area contributed by atoms with Crippen molar-refractivity contribution in [1.82, 2.24) is 4.90 Å². The molecule has 0 aliphatic rings. The van der Waals surface area contributed by atoms with Crippen LogP contribution in [0.2, 0.25) is 0 Å². The minimum Gasteiger partial charge on any atom is -0.480 e. The summed E-state index contributed by atoms with van der Waals surface area (Å²) in [5.41, 5.74) is 0. The fraction of sp³-hybridized carbons (Fsp3) is 0.667. The predicted molar refractivity (Wildman–Crippen MR) is 35.9 cm³/mol. The number of hydrogen-bond acceptors (Lipinski definition) is 2. The van der Waals surface area contributed by atoms with Gasteiger partial charge in [0.15, 0.2) is 0 Å². The van der Waals surface area contributed by atoms with Gasteiger partial charge in [-0.05, 0) is 6.92 Å². The number of aliphatic carboxylic acids is 1. The summed E-state index contributed by atoms with van der Waals surface area (Å²) in [7, 11) is 0.786. The Balaban J connectivity index is 4.53. The van der Waals surface area contributed by atoms with E-state index >= 15 is 0 Å². The van der Waals surface area contributed by atoms with Gasteiger partial charge in [-0.1, -0.05) is 0 Å². The first-order valence-corrected chi connectivity index (χ1v) is 3.24. The fourth-order valence-corrected chi connectivity index (χ4v) is 0.542. The van der Waals surface area contributed by atoms with E-state index in [0.29, 0.717) is 0 Å². The molecule has 0 saturated carbocycles. The molecule has 13 heavy (non-hydrogen) atoms. The van der Waals surface area contributed by atoms with Crippen LogP contribution in [0.1, 0.15) is 6.92 Å². The Hall–Kier alpha value is -1.27. The highest BCUT2D eigenvalue weighted by atomic mass is 19.4. The molecule has 0 bridgehead atoms. The van der Waals surface area contributed by atoms with Gasteiger partial charge in [-0.3, -0.25) is 4.79 Å². The SMILES string of the molecule is CC(C(=O)O)N(C)C(=O)C(F)(F)F.